The number of cyclic esters (lactones) is 2. The molecular formula is C8H10O3. The van der Waals surface area contributed by atoms with E-state index in [9.17, 15) is 4.79 Å². The Kier molecular flexibility index (Phi) is 2.79. The number of carbonyl (C=O) groups is 1. The van der Waals surface area contributed by atoms with Gasteiger partial charge in [0, 0.05) is 0 Å². The lowest BCUT2D eigenvalue weighted by atomic mass is 10.2. The van der Waals surface area contributed by atoms with E-state index in [1.807, 2.05) is 0 Å². The molecule has 1 heterocycles. The molecule has 60 valence electrons. The number of hydrogen-bond donors (Lipinski definition) is 0. The first kappa shape index (κ1) is 7.93. The first-order chi connectivity index (χ1) is 5.33. The Morgan fingerprint density at radius 1 is 1.64 bits per heavy atom. The van der Waals surface area contributed by atoms with Crippen LogP contribution in [0.4, 0.5) is 4.79 Å². The highest BCUT2D eigenvalue weighted by Gasteiger charge is 2.15. The maximum Gasteiger partial charge on any atom is 0.523 e. The van der Waals surface area contributed by atoms with Gasteiger partial charge in [-0.2, -0.15) is 0 Å². The molecule has 0 amide bonds. The molecule has 1 aliphatic rings. The molecule has 0 aromatic rings. The summed E-state index contributed by atoms with van der Waals surface area (Å²) in [5, 5.41) is 0. The van der Waals surface area contributed by atoms with Crippen LogP contribution in [0.5, 0.6) is 0 Å². The van der Waals surface area contributed by atoms with Gasteiger partial charge >= 0.3 is 6.16 Å². The van der Waals surface area contributed by atoms with Crippen molar-refractivity contribution in [3.63, 3.8) is 0 Å². The van der Waals surface area contributed by atoms with E-state index in [0.717, 1.165) is 19.3 Å². The van der Waals surface area contributed by atoms with Crippen molar-refractivity contribution >= 4 is 6.16 Å². The Labute approximate surface area is 65.7 Å². The topological polar surface area (TPSA) is 35.5 Å². The minimum atomic E-state index is -0.676. The second-order valence-corrected chi connectivity index (χ2v) is 2.35. The van der Waals surface area contributed by atoms with Gasteiger partial charge in [0.2, 0.25) is 0 Å². The van der Waals surface area contributed by atoms with Crippen LogP contribution in [0, 0.1) is 12.0 Å². The SMILES string of the molecule is CCCCC1C#COC(=O)O1. The van der Waals surface area contributed by atoms with E-state index in [-0.39, 0.29) is 6.10 Å². The van der Waals surface area contributed by atoms with Crippen molar-refractivity contribution in [2.45, 2.75) is 32.3 Å². The highest BCUT2D eigenvalue weighted by atomic mass is 16.7. The van der Waals surface area contributed by atoms with Gasteiger partial charge in [-0.25, -0.2) is 4.79 Å². The summed E-state index contributed by atoms with van der Waals surface area (Å²) in [6.07, 6.45) is 4.24. The third-order valence-electron chi connectivity index (χ3n) is 1.41. The predicted octanol–water partition coefficient (Wildman–Crippen LogP) is 1.67. The van der Waals surface area contributed by atoms with Gasteiger partial charge in [-0.1, -0.05) is 13.3 Å². The summed E-state index contributed by atoms with van der Waals surface area (Å²) in [6.45, 7) is 2.08. The zero-order chi connectivity index (χ0) is 8.10. The van der Waals surface area contributed by atoms with E-state index < -0.39 is 6.16 Å². The predicted molar refractivity (Wildman–Crippen MR) is 38.7 cm³/mol. The fraction of sp³-hybridized carbons (Fsp3) is 0.625. The van der Waals surface area contributed by atoms with Crippen LogP contribution in [0.15, 0.2) is 0 Å². The van der Waals surface area contributed by atoms with Gasteiger partial charge < -0.3 is 9.47 Å². The molecule has 0 aliphatic carbocycles. The molecule has 1 aliphatic heterocycles. The first-order valence-corrected chi connectivity index (χ1v) is 3.71. The van der Waals surface area contributed by atoms with Gasteiger partial charge in [0.1, 0.15) is 6.11 Å². The molecule has 0 bridgehead atoms. The number of rotatable bonds is 3. The molecule has 3 heteroatoms. The Morgan fingerprint density at radius 3 is 3.09 bits per heavy atom. The van der Waals surface area contributed by atoms with E-state index in [1.165, 1.54) is 0 Å². The second kappa shape index (κ2) is 3.87. The van der Waals surface area contributed by atoms with Gasteiger partial charge in [-0.05, 0) is 18.8 Å². The lowest BCUT2D eigenvalue weighted by molar-refractivity contribution is 0.0590. The van der Waals surface area contributed by atoms with Crippen LogP contribution in [0.1, 0.15) is 26.2 Å². The molecule has 11 heavy (non-hydrogen) atoms. The van der Waals surface area contributed by atoms with Crippen molar-refractivity contribution in [3.8, 4) is 12.0 Å². The molecule has 0 N–H and O–H groups in total. The summed E-state index contributed by atoms with van der Waals surface area (Å²) < 4.78 is 9.02. The number of hydrogen-bond acceptors (Lipinski definition) is 3. The van der Waals surface area contributed by atoms with Crippen LogP contribution in [0.2, 0.25) is 0 Å². The summed E-state index contributed by atoms with van der Waals surface area (Å²) in [5.41, 5.74) is 0. The van der Waals surface area contributed by atoms with Gasteiger partial charge in [0.05, 0.1) is 0 Å². The van der Waals surface area contributed by atoms with E-state index in [4.69, 9.17) is 4.74 Å². The molecular weight excluding hydrogens is 144 g/mol. The summed E-state index contributed by atoms with van der Waals surface area (Å²) in [6, 6.07) is 0. The van der Waals surface area contributed by atoms with Crippen LogP contribution >= 0.6 is 0 Å². The highest BCUT2D eigenvalue weighted by Crippen LogP contribution is 2.07. The van der Waals surface area contributed by atoms with Crippen molar-refractivity contribution < 1.29 is 14.3 Å². The Bertz CT molecular complexity index is 199. The molecule has 0 spiro atoms. The van der Waals surface area contributed by atoms with Crippen molar-refractivity contribution in [2.24, 2.45) is 0 Å². The Balaban J connectivity index is 2.32. The van der Waals surface area contributed by atoms with E-state index in [2.05, 4.69) is 23.7 Å². The summed E-state index contributed by atoms with van der Waals surface area (Å²) >= 11 is 0. The first-order valence-electron chi connectivity index (χ1n) is 3.71. The molecule has 3 nitrogen and oxygen atoms in total. The monoisotopic (exact) mass is 154 g/mol. The Morgan fingerprint density at radius 2 is 2.45 bits per heavy atom. The van der Waals surface area contributed by atoms with Crippen molar-refractivity contribution in [2.75, 3.05) is 0 Å². The molecule has 1 rings (SSSR count). The standard InChI is InChI=1S/C8H10O3/c1-2-3-4-7-5-6-10-8(9)11-7/h7H,2-4H2,1H3. The molecule has 0 saturated heterocycles. The molecule has 0 aromatic carbocycles. The van der Waals surface area contributed by atoms with Crippen LogP contribution in [0.25, 0.3) is 0 Å². The van der Waals surface area contributed by atoms with E-state index >= 15 is 0 Å². The van der Waals surface area contributed by atoms with E-state index in [1.54, 1.807) is 0 Å². The second-order valence-electron chi connectivity index (χ2n) is 2.35. The number of carbonyl (C=O) groups excluding carboxylic acids is 1. The van der Waals surface area contributed by atoms with Crippen LogP contribution in [-0.2, 0) is 9.47 Å². The van der Waals surface area contributed by atoms with Gasteiger partial charge in [-0.3, -0.25) is 0 Å². The lowest BCUT2D eigenvalue weighted by Gasteiger charge is -2.12. The quantitative estimate of drug-likeness (QED) is 0.458. The number of unbranched alkanes of at least 4 members (excludes halogenated alkanes) is 1. The normalized spacial score (nSPS) is 21.2. The van der Waals surface area contributed by atoms with Gasteiger partial charge in [0.25, 0.3) is 0 Å². The smallest absolute Gasteiger partial charge is 0.417 e. The largest absolute Gasteiger partial charge is 0.523 e. The maximum absolute atomic E-state index is 10.5. The molecule has 0 radical (unpaired) electrons. The highest BCUT2D eigenvalue weighted by molar-refractivity contribution is 5.63. The summed E-state index contributed by atoms with van der Waals surface area (Å²) in [4.78, 5) is 10.5. The van der Waals surface area contributed by atoms with Crippen molar-refractivity contribution in [1.29, 1.82) is 0 Å². The lowest BCUT2D eigenvalue weighted by Crippen LogP contribution is -2.19. The average molecular weight is 154 g/mol. The minimum absolute atomic E-state index is 0.254. The summed E-state index contributed by atoms with van der Waals surface area (Å²) in [7, 11) is 0. The molecule has 0 saturated carbocycles. The third kappa shape index (κ3) is 2.50. The van der Waals surface area contributed by atoms with Crippen LogP contribution < -0.4 is 0 Å². The van der Waals surface area contributed by atoms with Crippen LogP contribution in [-0.4, -0.2) is 12.3 Å². The van der Waals surface area contributed by atoms with Gasteiger partial charge in [-0.15, -0.1) is 0 Å². The van der Waals surface area contributed by atoms with Crippen molar-refractivity contribution in [3.05, 3.63) is 0 Å². The maximum atomic E-state index is 10.5. The van der Waals surface area contributed by atoms with E-state index in [0.29, 0.717) is 0 Å². The summed E-state index contributed by atoms with van der Waals surface area (Å²) in [5.74, 6) is 2.67. The fourth-order valence-electron chi connectivity index (χ4n) is 0.827. The minimum Gasteiger partial charge on any atom is -0.417 e. The van der Waals surface area contributed by atoms with Crippen LogP contribution in [0.3, 0.4) is 0 Å². The van der Waals surface area contributed by atoms with Crippen molar-refractivity contribution in [1.82, 2.24) is 0 Å². The zero-order valence-electron chi connectivity index (χ0n) is 6.42. The molecule has 0 aromatic heterocycles. The average Bonchev–Trinajstić information content (AvgIpc) is 2.01. The Hall–Kier alpha value is -1.17. The molecule has 1 unspecified atom stereocenters. The van der Waals surface area contributed by atoms with Gasteiger partial charge in [0.15, 0.2) is 6.10 Å². The third-order valence-corrected chi connectivity index (χ3v) is 1.41. The molecule has 1 atom stereocenters. The fourth-order valence-corrected chi connectivity index (χ4v) is 0.827. The molecule has 0 fully saturated rings. The number of ether oxygens (including phenoxy) is 2. The zero-order valence-corrected chi connectivity index (χ0v) is 6.42.